The molecule has 0 saturated heterocycles. The lowest BCUT2D eigenvalue weighted by Gasteiger charge is -2.16. The molecular formula is C14H31NO. The average molecular weight is 229 g/mol. The summed E-state index contributed by atoms with van der Waals surface area (Å²) in [5, 5.41) is 3.43. The maximum absolute atomic E-state index is 5.73. The van der Waals surface area contributed by atoms with E-state index in [4.69, 9.17) is 4.74 Å². The van der Waals surface area contributed by atoms with Crippen LogP contribution in [0.3, 0.4) is 0 Å². The predicted octanol–water partition coefficient (Wildman–Crippen LogP) is 3.61. The van der Waals surface area contributed by atoms with E-state index in [0.29, 0.717) is 12.0 Å². The number of hydrogen-bond donors (Lipinski definition) is 1. The van der Waals surface area contributed by atoms with Gasteiger partial charge in [0.15, 0.2) is 0 Å². The lowest BCUT2D eigenvalue weighted by atomic mass is 10.1. The fraction of sp³-hybridized carbons (Fsp3) is 1.00. The van der Waals surface area contributed by atoms with Crippen LogP contribution >= 0.6 is 0 Å². The molecule has 0 spiro atoms. The van der Waals surface area contributed by atoms with Crippen LogP contribution < -0.4 is 5.32 Å². The van der Waals surface area contributed by atoms with Gasteiger partial charge in [-0.05, 0) is 45.2 Å². The normalized spacial score (nSPS) is 13.3. The Morgan fingerprint density at radius 1 is 0.938 bits per heavy atom. The van der Waals surface area contributed by atoms with Crippen molar-refractivity contribution in [2.45, 2.75) is 65.9 Å². The summed E-state index contributed by atoms with van der Waals surface area (Å²) < 4.78 is 5.73. The first kappa shape index (κ1) is 15.9. The third-order valence-corrected chi connectivity index (χ3v) is 2.99. The van der Waals surface area contributed by atoms with Gasteiger partial charge in [-0.3, -0.25) is 0 Å². The van der Waals surface area contributed by atoms with Crippen molar-refractivity contribution in [3.05, 3.63) is 0 Å². The molecule has 0 aromatic rings. The number of unbranched alkanes of at least 4 members (excludes halogenated alkanes) is 3. The van der Waals surface area contributed by atoms with Crippen molar-refractivity contribution >= 4 is 0 Å². The molecule has 0 aromatic heterocycles. The average Bonchev–Trinajstić information content (AvgIpc) is 2.26. The molecule has 1 atom stereocenters. The summed E-state index contributed by atoms with van der Waals surface area (Å²) in [7, 11) is 0. The molecule has 2 heteroatoms. The van der Waals surface area contributed by atoms with E-state index < -0.39 is 0 Å². The fourth-order valence-electron chi connectivity index (χ4n) is 1.47. The number of ether oxygens (including phenoxy) is 1. The molecule has 0 aliphatic heterocycles. The second kappa shape index (κ2) is 11.4. The fourth-order valence-corrected chi connectivity index (χ4v) is 1.47. The summed E-state index contributed by atoms with van der Waals surface area (Å²) in [5.41, 5.74) is 0. The topological polar surface area (TPSA) is 21.3 Å². The zero-order valence-electron chi connectivity index (χ0n) is 11.7. The maximum atomic E-state index is 5.73. The van der Waals surface area contributed by atoms with Gasteiger partial charge in [-0.1, -0.05) is 33.6 Å². The standard InChI is InChI=1S/C14H31NO/c1-5-10-15-11-8-6-7-9-12-16-14(4)13(2)3/h13-15H,5-12H2,1-4H3. The molecule has 0 aliphatic carbocycles. The smallest absolute Gasteiger partial charge is 0.0569 e. The van der Waals surface area contributed by atoms with Gasteiger partial charge in [-0.2, -0.15) is 0 Å². The van der Waals surface area contributed by atoms with Crippen LogP contribution in [-0.2, 0) is 4.74 Å². The van der Waals surface area contributed by atoms with Gasteiger partial charge >= 0.3 is 0 Å². The Bertz CT molecular complexity index is 137. The van der Waals surface area contributed by atoms with Crippen molar-refractivity contribution in [3.63, 3.8) is 0 Å². The summed E-state index contributed by atoms with van der Waals surface area (Å²) >= 11 is 0. The van der Waals surface area contributed by atoms with E-state index in [0.717, 1.165) is 13.2 Å². The van der Waals surface area contributed by atoms with E-state index in [-0.39, 0.29) is 0 Å². The Morgan fingerprint density at radius 3 is 2.25 bits per heavy atom. The second-order valence-corrected chi connectivity index (χ2v) is 4.98. The second-order valence-electron chi connectivity index (χ2n) is 4.98. The molecule has 0 rings (SSSR count). The number of rotatable bonds is 11. The quantitative estimate of drug-likeness (QED) is 0.547. The molecule has 0 saturated carbocycles. The van der Waals surface area contributed by atoms with Gasteiger partial charge in [0.1, 0.15) is 0 Å². The third-order valence-electron chi connectivity index (χ3n) is 2.99. The third kappa shape index (κ3) is 10.4. The lowest BCUT2D eigenvalue weighted by molar-refractivity contribution is 0.0332. The van der Waals surface area contributed by atoms with E-state index in [2.05, 4.69) is 33.0 Å². The van der Waals surface area contributed by atoms with Gasteiger partial charge in [0.05, 0.1) is 6.10 Å². The molecule has 0 aromatic carbocycles. The molecule has 2 nitrogen and oxygen atoms in total. The molecular weight excluding hydrogens is 198 g/mol. The number of nitrogens with one attached hydrogen (secondary N) is 1. The summed E-state index contributed by atoms with van der Waals surface area (Å²) in [6.07, 6.45) is 6.80. The van der Waals surface area contributed by atoms with Crippen LogP contribution in [0.15, 0.2) is 0 Å². The van der Waals surface area contributed by atoms with E-state index in [1.807, 2.05) is 0 Å². The Morgan fingerprint density at radius 2 is 1.62 bits per heavy atom. The van der Waals surface area contributed by atoms with Crippen LogP contribution in [-0.4, -0.2) is 25.8 Å². The van der Waals surface area contributed by atoms with E-state index in [1.165, 1.54) is 38.6 Å². The zero-order valence-corrected chi connectivity index (χ0v) is 11.7. The van der Waals surface area contributed by atoms with Crippen molar-refractivity contribution in [3.8, 4) is 0 Å². The first-order chi connectivity index (χ1) is 7.68. The van der Waals surface area contributed by atoms with Crippen molar-refractivity contribution in [2.75, 3.05) is 19.7 Å². The SMILES string of the molecule is CCCNCCCCCCOC(C)C(C)C. The van der Waals surface area contributed by atoms with E-state index in [9.17, 15) is 0 Å². The maximum Gasteiger partial charge on any atom is 0.0569 e. The van der Waals surface area contributed by atoms with Crippen LogP contribution in [0.4, 0.5) is 0 Å². The van der Waals surface area contributed by atoms with Crippen LogP contribution in [0.1, 0.15) is 59.8 Å². The molecule has 0 amide bonds. The van der Waals surface area contributed by atoms with Crippen molar-refractivity contribution < 1.29 is 4.74 Å². The highest BCUT2D eigenvalue weighted by Gasteiger charge is 2.05. The number of hydrogen-bond acceptors (Lipinski definition) is 2. The molecule has 0 heterocycles. The molecule has 1 N–H and O–H groups in total. The predicted molar refractivity (Wildman–Crippen MR) is 71.9 cm³/mol. The monoisotopic (exact) mass is 229 g/mol. The van der Waals surface area contributed by atoms with Crippen molar-refractivity contribution in [1.82, 2.24) is 5.32 Å². The molecule has 1 unspecified atom stereocenters. The largest absolute Gasteiger partial charge is 0.378 e. The molecule has 16 heavy (non-hydrogen) atoms. The Hall–Kier alpha value is -0.0800. The minimum absolute atomic E-state index is 0.409. The van der Waals surface area contributed by atoms with Crippen LogP contribution in [0.2, 0.25) is 0 Å². The van der Waals surface area contributed by atoms with Gasteiger partial charge < -0.3 is 10.1 Å². The van der Waals surface area contributed by atoms with Crippen molar-refractivity contribution in [1.29, 1.82) is 0 Å². The summed E-state index contributed by atoms with van der Waals surface area (Å²) in [6, 6.07) is 0. The highest BCUT2D eigenvalue weighted by molar-refractivity contribution is 4.54. The summed E-state index contributed by atoms with van der Waals surface area (Å²) in [4.78, 5) is 0. The summed E-state index contributed by atoms with van der Waals surface area (Å²) in [6.45, 7) is 12.1. The minimum Gasteiger partial charge on any atom is -0.378 e. The van der Waals surface area contributed by atoms with Gasteiger partial charge in [-0.25, -0.2) is 0 Å². The Balaban J connectivity index is 3.04. The van der Waals surface area contributed by atoms with Crippen LogP contribution in [0.5, 0.6) is 0 Å². The molecule has 0 fully saturated rings. The first-order valence-corrected chi connectivity index (χ1v) is 7.00. The molecule has 0 radical (unpaired) electrons. The summed E-state index contributed by atoms with van der Waals surface area (Å²) in [5.74, 6) is 0.637. The van der Waals surface area contributed by atoms with Gasteiger partial charge in [-0.15, -0.1) is 0 Å². The molecule has 0 aliphatic rings. The highest BCUT2D eigenvalue weighted by Crippen LogP contribution is 2.07. The van der Waals surface area contributed by atoms with Gasteiger partial charge in [0.25, 0.3) is 0 Å². The zero-order chi connectivity index (χ0) is 12.2. The Labute approximate surface area is 102 Å². The molecule has 98 valence electrons. The van der Waals surface area contributed by atoms with Crippen molar-refractivity contribution in [2.24, 2.45) is 5.92 Å². The Kier molecular flexibility index (Phi) is 11.3. The van der Waals surface area contributed by atoms with E-state index >= 15 is 0 Å². The minimum atomic E-state index is 0.409. The van der Waals surface area contributed by atoms with Crippen LogP contribution in [0, 0.1) is 5.92 Å². The van der Waals surface area contributed by atoms with Crippen LogP contribution in [0.25, 0.3) is 0 Å². The van der Waals surface area contributed by atoms with E-state index in [1.54, 1.807) is 0 Å². The lowest BCUT2D eigenvalue weighted by Crippen LogP contribution is -2.16. The van der Waals surface area contributed by atoms with Gasteiger partial charge in [0.2, 0.25) is 0 Å². The van der Waals surface area contributed by atoms with Gasteiger partial charge in [0, 0.05) is 6.61 Å². The highest BCUT2D eigenvalue weighted by atomic mass is 16.5. The first-order valence-electron chi connectivity index (χ1n) is 7.00. The molecule has 0 bridgehead atoms.